The Morgan fingerprint density at radius 2 is 2.38 bits per heavy atom. The number of rotatable bonds is 2. The predicted octanol–water partition coefficient (Wildman–Crippen LogP) is 0.869. The summed E-state index contributed by atoms with van der Waals surface area (Å²) >= 11 is 5.77. The smallest absolute Gasteiger partial charge is 0.409 e. The minimum absolute atomic E-state index is 0.258. The molecule has 0 amide bonds. The Labute approximate surface area is 95.8 Å². The van der Waals surface area contributed by atoms with Gasteiger partial charge >= 0.3 is 5.69 Å². The van der Waals surface area contributed by atoms with Gasteiger partial charge in [0.05, 0.1) is 5.10 Å². The Bertz CT molecular complexity index is 621. The molecular formula is C10H8ClN3O2. The first kappa shape index (κ1) is 10.6. The second kappa shape index (κ2) is 3.94. The zero-order chi connectivity index (χ0) is 11.7. The quantitative estimate of drug-likeness (QED) is 0.442. The normalized spacial score (nSPS) is 10.6. The van der Waals surface area contributed by atoms with E-state index in [1.165, 1.54) is 10.6 Å². The summed E-state index contributed by atoms with van der Waals surface area (Å²) in [5, 5.41) is 15.2. The van der Waals surface area contributed by atoms with Crippen LogP contribution in [0.15, 0.2) is 35.6 Å². The lowest BCUT2D eigenvalue weighted by atomic mass is 10.3. The molecule has 0 radical (unpaired) electrons. The number of halogens is 1. The van der Waals surface area contributed by atoms with Gasteiger partial charge in [0.1, 0.15) is 5.52 Å². The predicted molar refractivity (Wildman–Crippen MR) is 60.2 cm³/mol. The van der Waals surface area contributed by atoms with Crippen molar-refractivity contribution in [3.05, 3.63) is 51.6 Å². The summed E-state index contributed by atoms with van der Waals surface area (Å²) in [6.45, 7) is 3.84. The lowest BCUT2D eigenvalue weighted by Crippen LogP contribution is -2.42. The van der Waals surface area contributed by atoms with Gasteiger partial charge in [-0.1, -0.05) is 17.7 Å². The fourth-order valence-electron chi connectivity index (χ4n) is 1.47. The van der Waals surface area contributed by atoms with E-state index < -0.39 is 5.69 Å². The highest BCUT2D eigenvalue weighted by Gasteiger charge is 2.12. The molecule has 82 valence electrons. The first-order chi connectivity index (χ1) is 7.63. The third-order valence-corrected chi connectivity index (χ3v) is 2.39. The van der Waals surface area contributed by atoms with Crippen molar-refractivity contribution in [3.8, 4) is 0 Å². The Balaban J connectivity index is 2.89. The fraction of sp³-hybridized carbons (Fsp3) is 0.100. The average molecular weight is 238 g/mol. The van der Waals surface area contributed by atoms with Gasteiger partial charge in [-0.25, -0.2) is 4.79 Å². The highest BCUT2D eigenvalue weighted by molar-refractivity contribution is 6.31. The van der Waals surface area contributed by atoms with Gasteiger partial charge in [-0.15, -0.1) is 6.58 Å². The van der Waals surface area contributed by atoms with Gasteiger partial charge in [-0.3, -0.25) is 4.57 Å². The van der Waals surface area contributed by atoms with E-state index in [1.54, 1.807) is 18.2 Å². The maximum atomic E-state index is 11.5. The zero-order valence-electron chi connectivity index (χ0n) is 8.26. The molecule has 1 aromatic carbocycles. The van der Waals surface area contributed by atoms with Crippen LogP contribution in [0.4, 0.5) is 0 Å². The van der Waals surface area contributed by atoms with Gasteiger partial charge in [0, 0.05) is 17.6 Å². The summed E-state index contributed by atoms with van der Waals surface area (Å²) in [7, 11) is 0. The van der Waals surface area contributed by atoms with E-state index in [1.807, 2.05) is 0 Å². The van der Waals surface area contributed by atoms with Crippen molar-refractivity contribution in [2.75, 3.05) is 0 Å². The van der Waals surface area contributed by atoms with E-state index in [2.05, 4.69) is 11.7 Å². The highest BCUT2D eigenvalue weighted by Crippen LogP contribution is 2.14. The molecule has 0 bridgehead atoms. The lowest BCUT2D eigenvalue weighted by Gasteiger charge is -2.05. The molecule has 0 saturated carbocycles. The second-order valence-electron chi connectivity index (χ2n) is 3.19. The van der Waals surface area contributed by atoms with Crippen LogP contribution in [0.1, 0.15) is 0 Å². The zero-order valence-corrected chi connectivity index (χ0v) is 9.02. The fourth-order valence-corrected chi connectivity index (χ4v) is 1.64. The van der Waals surface area contributed by atoms with E-state index in [-0.39, 0.29) is 10.4 Å². The first-order valence-corrected chi connectivity index (χ1v) is 4.92. The molecule has 0 aliphatic rings. The molecule has 0 saturated heterocycles. The minimum atomic E-state index is -0.607. The highest BCUT2D eigenvalue weighted by atomic mass is 35.5. The lowest BCUT2D eigenvalue weighted by molar-refractivity contribution is -0.645. The number of aromatic nitrogens is 3. The van der Waals surface area contributed by atoms with Crippen molar-refractivity contribution in [1.82, 2.24) is 9.67 Å². The molecule has 2 rings (SSSR count). The number of fused-ring (bicyclic) bond motifs is 1. The number of nitrogens with zero attached hydrogens (tertiary/aromatic N) is 3. The summed E-state index contributed by atoms with van der Waals surface area (Å²) in [4.78, 5) is 11.8. The first-order valence-electron chi connectivity index (χ1n) is 4.54. The van der Waals surface area contributed by atoms with Gasteiger partial charge in [0.25, 0.3) is 5.52 Å². The number of allylic oxidation sites excluding steroid dienone is 1. The third-order valence-electron chi connectivity index (χ3n) is 2.15. The maximum Gasteiger partial charge on any atom is 0.409 e. The van der Waals surface area contributed by atoms with Crippen LogP contribution < -0.4 is 10.5 Å². The summed E-state index contributed by atoms with van der Waals surface area (Å²) < 4.78 is 1.35. The second-order valence-corrected chi connectivity index (χ2v) is 3.62. The van der Waals surface area contributed by atoms with Crippen molar-refractivity contribution < 1.29 is 4.85 Å². The monoisotopic (exact) mass is 237 g/mol. The van der Waals surface area contributed by atoms with Crippen LogP contribution in [-0.2, 0) is 6.54 Å². The van der Waals surface area contributed by atoms with E-state index in [4.69, 9.17) is 11.6 Å². The molecule has 0 fully saturated rings. The third kappa shape index (κ3) is 1.65. The molecule has 0 aliphatic heterocycles. The SMILES string of the molecule is C=CCn1c(=O)n[n+]([O-])c2cc(Cl)ccc21. The van der Waals surface area contributed by atoms with Crippen LogP contribution in [0.2, 0.25) is 5.02 Å². The topological polar surface area (TPSA) is 61.8 Å². The molecule has 1 aromatic heterocycles. The maximum absolute atomic E-state index is 11.5. The van der Waals surface area contributed by atoms with Gasteiger partial charge in [-0.05, 0) is 17.0 Å². The van der Waals surface area contributed by atoms with Crippen LogP contribution in [0.3, 0.4) is 0 Å². The summed E-state index contributed by atoms with van der Waals surface area (Å²) in [6, 6.07) is 4.69. The summed E-state index contributed by atoms with van der Waals surface area (Å²) in [6.07, 6.45) is 1.56. The van der Waals surface area contributed by atoms with E-state index in [0.717, 1.165) is 0 Å². The van der Waals surface area contributed by atoms with Crippen molar-refractivity contribution in [3.63, 3.8) is 0 Å². The molecule has 0 atom stereocenters. The number of hydrogen-bond donors (Lipinski definition) is 0. The molecule has 0 spiro atoms. The molecule has 0 unspecified atom stereocenters. The van der Waals surface area contributed by atoms with Gasteiger partial charge < -0.3 is 5.21 Å². The van der Waals surface area contributed by atoms with Gasteiger partial charge in [0.2, 0.25) is 0 Å². The van der Waals surface area contributed by atoms with Crippen LogP contribution in [0, 0.1) is 5.21 Å². The average Bonchev–Trinajstić information content (AvgIpc) is 2.24. The van der Waals surface area contributed by atoms with Crippen molar-refractivity contribution in [2.45, 2.75) is 6.54 Å². The standard InChI is InChI=1S/C10H8ClN3O2/c1-2-5-13-8-4-3-7(11)6-9(8)14(16)12-10(13)15/h2-4,6H,1,5H2. The van der Waals surface area contributed by atoms with E-state index >= 15 is 0 Å². The number of hydrogen-bond acceptors (Lipinski definition) is 3. The Morgan fingerprint density at radius 3 is 3.06 bits per heavy atom. The van der Waals surface area contributed by atoms with Crippen LogP contribution in [0.5, 0.6) is 0 Å². The van der Waals surface area contributed by atoms with E-state index in [0.29, 0.717) is 17.1 Å². The molecule has 1 heterocycles. The molecule has 6 heteroatoms. The van der Waals surface area contributed by atoms with Crippen LogP contribution >= 0.6 is 11.6 Å². The van der Waals surface area contributed by atoms with Gasteiger partial charge in [0.15, 0.2) is 0 Å². The summed E-state index contributed by atoms with van der Waals surface area (Å²) in [5.74, 6) is 0. The van der Waals surface area contributed by atoms with Crippen molar-refractivity contribution in [2.24, 2.45) is 0 Å². The van der Waals surface area contributed by atoms with Crippen LogP contribution in [-0.4, -0.2) is 9.67 Å². The molecular weight excluding hydrogens is 230 g/mol. The van der Waals surface area contributed by atoms with Crippen molar-refractivity contribution >= 4 is 22.6 Å². The summed E-state index contributed by atoms with van der Waals surface area (Å²) in [5.41, 5.74) is 0.137. The molecule has 0 N–H and O–H groups in total. The molecule has 2 aromatic rings. The van der Waals surface area contributed by atoms with E-state index in [9.17, 15) is 10.0 Å². The number of benzene rings is 1. The minimum Gasteiger partial charge on any atom is -0.594 e. The van der Waals surface area contributed by atoms with Crippen LogP contribution in [0.25, 0.3) is 11.0 Å². The Hall–Kier alpha value is -1.88. The molecule has 0 aliphatic carbocycles. The largest absolute Gasteiger partial charge is 0.594 e. The van der Waals surface area contributed by atoms with Gasteiger partial charge in [-0.2, -0.15) is 0 Å². The Kier molecular flexibility index (Phi) is 2.62. The molecule has 16 heavy (non-hydrogen) atoms. The molecule has 5 nitrogen and oxygen atoms in total. The van der Waals surface area contributed by atoms with Crippen molar-refractivity contribution in [1.29, 1.82) is 0 Å². The Morgan fingerprint density at radius 1 is 1.62 bits per heavy atom.